The van der Waals surface area contributed by atoms with Crippen molar-refractivity contribution in [2.24, 2.45) is 16.7 Å². The van der Waals surface area contributed by atoms with Crippen LogP contribution in [0.4, 0.5) is 0 Å². The smallest absolute Gasteiger partial charge is 0.330 e. The Bertz CT molecular complexity index is 768. The number of epoxide rings is 1. The minimum Gasteiger partial charge on any atom is -0.478 e. The van der Waals surface area contributed by atoms with Crippen molar-refractivity contribution in [3.05, 3.63) is 23.8 Å². The van der Waals surface area contributed by atoms with Crippen LogP contribution in [0.15, 0.2) is 23.8 Å². The highest BCUT2D eigenvalue weighted by Gasteiger charge is 2.78. The Hall–Kier alpha value is -2.15. The second-order valence-corrected chi connectivity index (χ2v) is 8.12. The molecule has 7 nitrogen and oxygen atoms in total. The summed E-state index contributed by atoms with van der Waals surface area (Å²) in [4.78, 5) is 35.8. The number of rotatable bonds is 3. The third-order valence-electron chi connectivity index (χ3n) is 6.76. The minimum atomic E-state index is -1.07. The maximum absolute atomic E-state index is 12.6. The number of ether oxygens (including phenoxy) is 3. The molecule has 0 spiro atoms. The average molecular weight is 362 g/mol. The molecule has 140 valence electrons. The molecule has 26 heavy (non-hydrogen) atoms. The summed E-state index contributed by atoms with van der Waals surface area (Å²) in [5.74, 6) is -2.00. The Labute approximate surface area is 151 Å². The van der Waals surface area contributed by atoms with Gasteiger partial charge in [0.15, 0.2) is 0 Å². The van der Waals surface area contributed by atoms with Crippen LogP contribution in [0, 0.1) is 16.7 Å². The van der Waals surface area contributed by atoms with Crippen LogP contribution in [-0.4, -0.2) is 47.9 Å². The van der Waals surface area contributed by atoms with Crippen LogP contribution < -0.4 is 0 Å². The predicted octanol–water partition coefficient (Wildman–Crippen LogP) is 1.62. The van der Waals surface area contributed by atoms with E-state index in [9.17, 15) is 19.5 Å². The van der Waals surface area contributed by atoms with E-state index in [2.05, 4.69) is 4.74 Å². The van der Waals surface area contributed by atoms with Crippen molar-refractivity contribution >= 4 is 17.9 Å². The summed E-state index contributed by atoms with van der Waals surface area (Å²) in [6.45, 7) is 3.90. The van der Waals surface area contributed by atoms with Gasteiger partial charge in [0, 0.05) is 18.1 Å². The highest BCUT2D eigenvalue weighted by atomic mass is 16.7. The van der Waals surface area contributed by atoms with Crippen LogP contribution in [0.25, 0.3) is 0 Å². The maximum atomic E-state index is 12.6. The molecule has 0 aromatic rings. The van der Waals surface area contributed by atoms with Crippen LogP contribution in [0.1, 0.15) is 33.1 Å². The summed E-state index contributed by atoms with van der Waals surface area (Å²) in [6.07, 6.45) is 5.33. The van der Waals surface area contributed by atoms with E-state index < -0.39 is 40.6 Å². The van der Waals surface area contributed by atoms with Crippen LogP contribution in [0.2, 0.25) is 0 Å². The van der Waals surface area contributed by atoms with Crippen molar-refractivity contribution in [3.63, 3.8) is 0 Å². The lowest BCUT2D eigenvalue weighted by Crippen LogP contribution is -2.55. The lowest BCUT2D eigenvalue weighted by atomic mass is 9.48. The van der Waals surface area contributed by atoms with Gasteiger partial charge in [-0.05, 0) is 36.8 Å². The van der Waals surface area contributed by atoms with Gasteiger partial charge < -0.3 is 19.3 Å². The summed E-state index contributed by atoms with van der Waals surface area (Å²) in [6, 6.07) is 0. The zero-order valence-corrected chi connectivity index (χ0v) is 15.0. The van der Waals surface area contributed by atoms with E-state index >= 15 is 0 Å². The van der Waals surface area contributed by atoms with E-state index in [0.29, 0.717) is 5.57 Å². The molecule has 6 atom stereocenters. The Morgan fingerprint density at radius 3 is 2.62 bits per heavy atom. The van der Waals surface area contributed by atoms with Crippen molar-refractivity contribution < 1.29 is 33.7 Å². The molecule has 0 aromatic carbocycles. The lowest BCUT2D eigenvalue weighted by Gasteiger charge is -2.51. The fourth-order valence-electron chi connectivity index (χ4n) is 5.69. The van der Waals surface area contributed by atoms with Crippen LogP contribution in [0.5, 0.6) is 0 Å². The van der Waals surface area contributed by atoms with Crippen LogP contribution in [-0.2, 0) is 28.6 Å². The molecule has 2 saturated carbocycles. The van der Waals surface area contributed by atoms with E-state index in [1.54, 1.807) is 6.08 Å². The molecule has 0 aromatic heterocycles. The summed E-state index contributed by atoms with van der Waals surface area (Å²) < 4.78 is 16.3. The van der Waals surface area contributed by atoms with Crippen molar-refractivity contribution in [1.29, 1.82) is 0 Å². The summed E-state index contributed by atoms with van der Waals surface area (Å²) >= 11 is 0. The molecular formula is C19H22O7. The highest BCUT2D eigenvalue weighted by Crippen LogP contribution is 2.71. The first-order chi connectivity index (χ1) is 12.2. The van der Waals surface area contributed by atoms with Gasteiger partial charge in [-0.1, -0.05) is 13.3 Å². The summed E-state index contributed by atoms with van der Waals surface area (Å²) in [5.41, 5.74) is -1.63. The van der Waals surface area contributed by atoms with E-state index in [-0.39, 0.29) is 11.9 Å². The van der Waals surface area contributed by atoms with Gasteiger partial charge in [-0.2, -0.15) is 0 Å². The molecule has 7 heteroatoms. The SMILES string of the molecule is COC(=O)/C=C/C12OC1[C@H]1OC(=O)C3(C)CCC[C@](C)(/C2=C/C(=O)O)[C@@H]13. The number of aliphatic carboxylic acids is 1. The Morgan fingerprint density at radius 1 is 1.27 bits per heavy atom. The van der Waals surface area contributed by atoms with Gasteiger partial charge in [-0.25, -0.2) is 9.59 Å². The number of esters is 2. The molecule has 0 amide bonds. The Morgan fingerprint density at radius 2 is 1.96 bits per heavy atom. The number of methoxy groups -OCH3 is 1. The number of carboxylic acids is 1. The second-order valence-electron chi connectivity index (χ2n) is 8.12. The topological polar surface area (TPSA) is 102 Å². The minimum absolute atomic E-state index is 0.144. The van der Waals surface area contributed by atoms with Crippen LogP contribution >= 0.6 is 0 Å². The molecule has 0 bridgehead atoms. The molecule has 0 radical (unpaired) electrons. The summed E-state index contributed by atoms with van der Waals surface area (Å²) in [5, 5.41) is 9.46. The molecule has 3 unspecified atom stereocenters. The molecule has 2 saturated heterocycles. The number of hydrogen-bond donors (Lipinski definition) is 1. The van der Waals surface area contributed by atoms with Gasteiger partial charge in [-0.3, -0.25) is 4.79 Å². The van der Waals surface area contributed by atoms with Gasteiger partial charge in [0.1, 0.15) is 17.8 Å². The number of carbonyl (C=O) groups excluding carboxylic acids is 2. The fraction of sp³-hybridized carbons (Fsp3) is 0.632. The molecule has 4 fully saturated rings. The second kappa shape index (κ2) is 5.19. The fourth-order valence-corrected chi connectivity index (χ4v) is 5.69. The Kier molecular flexibility index (Phi) is 3.45. The molecule has 2 aliphatic heterocycles. The van der Waals surface area contributed by atoms with Gasteiger partial charge in [0.2, 0.25) is 0 Å². The maximum Gasteiger partial charge on any atom is 0.330 e. The van der Waals surface area contributed by atoms with Gasteiger partial charge in [0.25, 0.3) is 0 Å². The standard InChI is InChI=1S/C19H22O7/c1-17-6-4-7-18(2)14(17)13(25-16(18)23)15-19(26-15,8-5-12(22)24-3)10(17)9-11(20)21/h5,8-9,13-15H,4,6-7H2,1-3H3,(H,20,21)/b8-5+,10-9-/t13-,14+,15?,17+,18?,19?/m0/s1. The van der Waals surface area contributed by atoms with E-state index in [4.69, 9.17) is 9.47 Å². The van der Waals surface area contributed by atoms with Gasteiger partial charge in [-0.15, -0.1) is 0 Å². The van der Waals surface area contributed by atoms with E-state index in [1.165, 1.54) is 19.3 Å². The van der Waals surface area contributed by atoms with E-state index in [1.807, 2.05) is 13.8 Å². The molecule has 4 aliphatic rings. The van der Waals surface area contributed by atoms with Gasteiger partial charge >= 0.3 is 17.9 Å². The third kappa shape index (κ3) is 2.00. The number of hydrogen-bond acceptors (Lipinski definition) is 6. The van der Waals surface area contributed by atoms with Gasteiger partial charge in [0.05, 0.1) is 12.5 Å². The van der Waals surface area contributed by atoms with Crippen molar-refractivity contribution in [1.82, 2.24) is 0 Å². The molecule has 2 heterocycles. The van der Waals surface area contributed by atoms with E-state index in [0.717, 1.165) is 19.3 Å². The normalized spacial score (nSPS) is 47.3. The van der Waals surface area contributed by atoms with Crippen LogP contribution in [0.3, 0.4) is 0 Å². The first-order valence-electron chi connectivity index (χ1n) is 8.81. The van der Waals surface area contributed by atoms with Crippen molar-refractivity contribution in [3.8, 4) is 0 Å². The first kappa shape index (κ1) is 17.3. The third-order valence-corrected chi connectivity index (χ3v) is 6.76. The lowest BCUT2D eigenvalue weighted by molar-refractivity contribution is -0.149. The highest BCUT2D eigenvalue weighted by molar-refractivity contribution is 5.85. The molecule has 2 aliphatic carbocycles. The number of carbonyl (C=O) groups is 3. The van der Waals surface area contributed by atoms with Crippen molar-refractivity contribution in [2.75, 3.05) is 7.11 Å². The molecular weight excluding hydrogens is 340 g/mol. The largest absolute Gasteiger partial charge is 0.478 e. The molecule has 1 N–H and O–H groups in total. The first-order valence-corrected chi connectivity index (χ1v) is 8.81. The predicted molar refractivity (Wildman–Crippen MR) is 87.9 cm³/mol. The Balaban J connectivity index is 1.86. The average Bonchev–Trinajstić information content (AvgIpc) is 3.24. The zero-order chi connectivity index (χ0) is 18.9. The zero-order valence-electron chi connectivity index (χ0n) is 15.0. The van der Waals surface area contributed by atoms with Crippen molar-refractivity contribution in [2.45, 2.75) is 50.9 Å². The number of carboxylic acid groups (broad SMARTS) is 1. The quantitative estimate of drug-likeness (QED) is 0.462. The summed E-state index contributed by atoms with van der Waals surface area (Å²) in [7, 11) is 1.27. The molecule has 4 rings (SSSR count). The number of fused-ring (bicyclic) bond motifs is 2. The monoisotopic (exact) mass is 362 g/mol.